The summed E-state index contributed by atoms with van der Waals surface area (Å²) in [6.45, 7) is 2.36. The van der Waals surface area contributed by atoms with Crippen molar-refractivity contribution in [3.63, 3.8) is 0 Å². The Kier molecular flexibility index (Phi) is 5.86. The number of oxazole rings is 1. The van der Waals surface area contributed by atoms with Crippen LogP contribution in [-0.2, 0) is 16.3 Å². The van der Waals surface area contributed by atoms with E-state index in [0.717, 1.165) is 23.3 Å². The molecule has 7 heteroatoms. The Morgan fingerprint density at radius 3 is 2.32 bits per heavy atom. The van der Waals surface area contributed by atoms with Crippen molar-refractivity contribution in [1.29, 1.82) is 0 Å². The fourth-order valence-corrected chi connectivity index (χ4v) is 4.50. The Labute approximate surface area is 180 Å². The van der Waals surface area contributed by atoms with Gasteiger partial charge in [0.15, 0.2) is 0 Å². The lowest BCUT2D eigenvalue weighted by Gasteiger charge is -2.06. The first-order valence-corrected chi connectivity index (χ1v) is 11.3. The van der Waals surface area contributed by atoms with Crippen LogP contribution in [0.4, 0.5) is 10.3 Å². The highest BCUT2D eigenvalue weighted by atomic mass is 32.2. The molecular weight excluding hydrogens is 415 g/mol. The summed E-state index contributed by atoms with van der Waals surface area (Å²) in [5.41, 5.74) is 2.72. The highest BCUT2D eigenvalue weighted by molar-refractivity contribution is 7.91. The zero-order chi connectivity index (χ0) is 21.8. The minimum atomic E-state index is -4.02. The lowest BCUT2D eigenvalue weighted by Crippen LogP contribution is -2.09. The average Bonchev–Trinajstić information content (AvgIpc) is 3.20. The van der Waals surface area contributed by atoms with Gasteiger partial charge in [0.05, 0.1) is 4.90 Å². The summed E-state index contributed by atoms with van der Waals surface area (Å²) in [7, 11) is -4.02. The topological polar surface area (TPSA) is 72.2 Å². The molecular formula is C24H21FN2O3S. The molecule has 0 radical (unpaired) electrons. The summed E-state index contributed by atoms with van der Waals surface area (Å²) in [4.78, 5) is 4.28. The van der Waals surface area contributed by atoms with Crippen LogP contribution in [0, 0.1) is 12.7 Å². The Morgan fingerprint density at radius 2 is 1.61 bits per heavy atom. The van der Waals surface area contributed by atoms with Gasteiger partial charge in [-0.1, -0.05) is 48.5 Å². The number of anilines is 1. The van der Waals surface area contributed by atoms with Crippen molar-refractivity contribution >= 4 is 15.7 Å². The number of aryl methyl sites for hydroxylation is 1. The van der Waals surface area contributed by atoms with E-state index in [-0.39, 0.29) is 21.7 Å². The second-order valence-corrected chi connectivity index (χ2v) is 8.95. The molecule has 31 heavy (non-hydrogen) atoms. The zero-order valence-electron chi connectivity index (χ0n) is 16.9. The molecule has 0 aliphatic rings. The van der Waals surface area contributed by atoms with E-state index in [0.29, 0.717) is 18.5 Å². The van der Waals surface area contributed by atoms with Crippen molar-refractivity contribution in [3.8, 4) is 11.5 Å². The summed E-state index contributed by atoms with van der Waals surface area (Å²) in [5, 5.41) is 2.86. The molecule has 1 heterocycles. The van der Waals surface area contributed by atoms with Crippen LogP contribution >= 0.6 is 0 Å². The lowest BCUT2D eigenvalue weighted by atomic mass is 10.1. The maximum atomic E-state index is 13.3. The first-order chi connectivity index (χ1) is 14.9. The third-order valence-corrected chi connectivity index (χ3v) is 6.57. The van der Waals surface area contributed by atoms with Gasteiger partial charge in [-0.3, -0.25) is 0 Å². The normalized spacial score (nSPS) is 11.4. The van der Waals surface area contributed by atoms with Crippen LogP contribution in [0.1, 0.15) is 11.1 Å². The quantitative estimate of drug-likeness (QED) is 0.399. The first-order valence-electron chi connectivity index (χ1n) is 9.80. The molecule has 0 aliphatic carbocycles. The largest absolute Gasteiger partial charge is 0.419 e. The number of hydrogen-bond donors (Lipinski definition) is 1. The molecule has 4 rings (SSSR count). The number of benzene rings is 3. The fourth-order valence-electron chi connectivity index (χ4n) is 3.22. The summed E-state index contributed by atoms with van der Waals surface area (Å²) >= 11 is 0. The van der Waals surface area contributed by atoms with Gasteiger partial charge in [-0.25, -0.2) is 12.8 Å². The number of halogens is 1. The van der Waals surface area contributed by atoms with E-state index < -0.39 is 15.7 Å². The van der Waals surface area contributed by atoms with E-state index in [1.54, 1.807) is 0 Å². The molecule has 1 aromatic heterocycles. The van der Waals surface area contributed by atoms with Gasteiger partial charge in [-0.2, -0.15) is 4.98 Å². The minimum Gasteiger partial charge on any atom is -0.419 e. The average molecular weight is 437 g/mol. The Balaban J connectivity index is 1.71. The minimum absolute atomic E-state index is 0.0513. The van der Waals surface area contributed by atoms with Crippen LogP contribution in [0.2, 0.25) is 0 Å². The smallest absolute Gasteiger partial charge is 0.233 e. The van der Waals surface area contributed by atoms with Gasteiger partial charge in [0, 0.05) is 12.1 Å². The maximum Gasteiger partial charge on any atom is 0.233 e. The Morgan fingerprint density at radius 1 is 0.935 bits per heavy atom. The number of hydrogen-bond acceptors (Lipinski definition) is 5. The molecule has 0 saturated carbocycles. The standard InChI is InChI=1S/C24H21FN2O3S/c1-17-7-5-6-10-21(17)22-27-24(31(28,29)20-13-11-19(25)12-14-20)23(30-22)26-16-15-18-8-3-2-4-9-18/h2-14,26H,15-16H2,1H3. The third-order valence-electron chi connectivity index (χ3n) is 4.89. The number of nitrogens with zero attached hydrogens (tertiary/aromatic N) is 1. The highest BCUT2D eigenvalue weighted by Crippen LogP contribution is 2.33. The molecule has 0 spiro atoms. The molecule has 0 fully saturated rings. The molecule has 0 saturated heterocycles. The number of rotatable bonds is 7. The van der Waals surface area contributed by atoms with Gasteiger partial charge < -0.3 is 9.73 Å². The predicted molar refractivity (Wildman–Crippen MR) is 117 cm³/mol. The Hall–Kier alpha value is -3.45. The molecule has 0 amide bonds. The molecule has 0 atom stereocenters. The van der Waals surface area contributed by atoms with Crippen molar-refractivity contribution in [2.24, 2.45) is 0 Å². The first kappa shape index (κ1) is 20.8. The van der Waals surface area contributed by atoms with Crippen LogP contribution in [0.5, 0.6) is 0 Å². The van der Waals surface area contributed by atoms with Crippen LogP contribution < -0.4 is 5.32 Å². The number of nitrogens with one attached hydrogen (secondary N) is 1. The molecule has 158 valence electrons. The summed E-state index contributed by atoms with van der Waals surface area (Å²) in [6.07, 6.45) is 0.678. The molecule has 5 nitrogen and oxygen atoms in total. The second kappa shape index (κ2) is 8.73. The van der Waals surface area contributed by atoms with Crippen molar-refractivity contribution < 1.29 is 17.2 Å². The molecule has 0 unspecified atom stereocenters. The van der Waals surface area contributed by atoms with Gasteiger partial charge in [0.1, 0.15) is 5.82 Å². The highest BCUT2D eigenvalue weighted by Gasteiger charge is 2.28. The van der Waals surface area contributed by atoms with Crippen molar-refractivity contribution in [3.05, 3.63) is 95.8 Å². The molecule has 4 aromatic rings. The molecule has 0 bridgehead atoms. The SMILES string of the molecule is Cc1ccccc1-c1nc(S(=O)(=O)c2ccc(F)cc2)c(NCCc2ccccc2)o1. The summed E-state index contributed by atoms with van der Waals surface area (Å²) in [6, 6.07) is 21.9. The van der Waals surface area contributed by atoms with Crippen LogP contribution in [-0.4, -0.2) is 19.9 Å². The van der Waals surface area contributed by atoms with Crippen molar-refractivity contribution in [2.45, 2.75) is 23.3 Å². The van der Waals surface area contributed by atoms with Crippen molar-refractivity contribution in [2.75, 3.05) is 11.9 Å². The van der Waals surface area contributed by atoms with E-state index in [9.17, 15) is 12.8 Å². The van der Waals surface area contributed by atoms with Crippen molar-refractivity contribution in [1.82, 2.24) is 4.98 Å². The van der Waals surface area contributed by atoms with Gasteiger partial charge in [-0.05, 0) is 54.8 Å². The summed E-state index contributed by atoms with van der Waals surface area (Å²) in [5.74, 6) is -0.236. The van der Waals surface area contributed by atoms with Gasteiger partial charge in [0.2, 0.25) is 26.6 Å². The van der Waals surface area contributed by atoms with Crippen LogP contribution in [0.3, 0.4) is 0 Å². The van der Waals surface area contributed by atoms with E-state index in [4.69, 9.17) is 4.42 Å². The molecule has 1 N–H and O–H groups in total. The zero-order valence-corrected chi connectivity index (χ0v) is 17.7. The lowest BCUT2D eigenvalue weighted by molar-refractivity contribution is 0.576. The molecule has 0 aliphatic heterocycles. The number of sulfone groups is 1. The molecule has 3 aromatic carbocycles. The van der Waals surface area contributed by atoms with Gasteiger partial charge >= 0.3 is 0 Å². The summed E-state index contributed by atoms with van der Waals surface area (Å²) < 4.78 is 45.7. The number of aromatic nitrogens is 1. The van der Waals surface area contributed by atoms with E-state index in [1.807, 2.05) is 61.5 Å². The third kappa shape index (κ3) is 4.51. The maximum absolute atomic E-state index is 13.3. The van der Waals surface area contributed by atoms with Crippen LogP contribution in [0.15, 0.2) is 93.2 Å². The second-order valence-electron chi connectivity index (χ2n) is 7.09. The predicted octanol–water partition coefficient (Wildman–Crippen LogP) is 5.28. The van der Waals surface area contributed by atoms with Gasteiger partial charge in [0.25, 0.3) is 0 Å². The van der Waals surface area contributed by atoms with E-state index >= 15 is 0 Å². The monoisotopic (exact) mass is 436 g/mol. The van der Waals surface area contributed by atoms with Gasteiger partial charge in [-0.15, -0.1) is 0 Å². The fraction of sp³-hybridized carbons (Fsp3) is 0.125. The Bertz CT molecular complexity index is 1280. The van der Waals surface area contributed by atoms with E-state index in [2.05, 4.69) is 10.3 Å². The van der Waals surface area contributed by atoms with E-state index in [1.165, 1.54) is 12.1 Å². The van der Waals surface area contributed by atoms with Crippen LogP contribution in [0.25, 0.3) is 11.5 Å².